The number of nitrogens with zero attached hydrogens (tertiary/aromatic N) is 1. The van der Waals surface area contributed by atoms with Crippen LogP contribution in [0.2, 0.25) is 0 Å². The van der Waals surface area contributed by atoms with Gasteiger partial charge in [0.1, 0.15) is 5.82 Å². The molecule has 0 unspecified atom stereocenters. The molecule has 0 radical (unpaired) electrons. The fourth-order valence-electron chi connectivity index (χ4n) is 2.52. The van der Waals surface area contributed by atoms with Gasteiger partial charge in [0.05, 0.1) is 16.6 Å². The maximum Gasteiger partial charge on any atom is 0.416 e. The SMILES string of the molecule is O=C(NCCc1nc2ccccc2[nH]1)NCc1cccc(C(F)(F)F)c1. The van der Waals surface area contributed by atoms with Crippen LogP contribution in [0.5, 0.6) is 0 Å². The van der Waals surface area contributed by atoms with Crippen molar-refractivity contribution in [2.24, 2.45) is 0 Å². The van der Waals surface area contributed by atoms with Crippen LogP contribution in [0.3, 0.4) is 0 Å². The molecule has 1 aromatic heterocycles. The van der Waals surface area contributed by atoms with Crippen LogP contribution in [0.1, 0.15) is 17.0 Å². The Kier molecular flexibility index (Phi) is 5.11. The lowest BCUT2D eigenvalue weighted by molar-refractivity contribution is -0.137. The zero-order valence-electron chi connectivity index (χ0n) is 13.7. The van der Waals surface area contributed by atoms with E-state index in [0.717, 1.165) is 29.0 Å². The molecule has 0 aliphatic carbocycles. The lowest BCUT2D eigenvalue weighted by Gasteiger charge is -2.10. The van der Waals surface area contributed by atoms with Crippen molar-refractivity contribution in [3.05, 3.63) is 65.5 Å². The number of hydrogen-bond acceptors (Lipinski definition) is 2. The van der Waals surface area contributed by atoms with E-state index in [9.17, 15) is 18.0 Å². The van der Waals surface area contributed by atoms with Gasteiger partial charge < -0.3 is 15.6 Å². The van der Waals surface area contributed by atoms with E-state index in [1.54, 1.807) is 0 Å². The molecule has 0 saturated heterocycles. The highest BCUT2D eigenvalue weighted by atomic mass is 19.4. The first-order valence-electron chi connectivity index (χ1n) is 8.03. The first kappa shape index (κ1) is 17.8. The maximum atomic E-state index is 12.7. The predicted octanol–water partition coefficient (Wildman–Crippen LogP) is 3.62. The number of halogens is 3. The van der Waals surface area contributed by atoms with Crippen molar-refractivity contribution in [3.8, 4) is 0 Å². The van der Waals surface area contributed by atoms with Crippen LogP contribution in [-0.2, 0) is 19.1 Å². The average Bonchev–Trinajstić information content (AvgIpc) is 3.02. The summed E-state index contributed by atoms with van der Waals surface area (Å²) in [4.78, 5) is 19.3. The van der Waals surface area contributed by atoms with Gasteiger partial charge in [-0.05, 0) is 29.8 Å². The van der Waals surface area contributed by atoms with E-state index in [1.165, 1.54) is 12.1 Å². The maximum absolute atomic E-state index is 12.7. The molecule has 8 heteroatoms. The number of imidazole rings is 1. The molecule has 2 amide bonds. The minimum atomic E-state index is -4.40. The second-order valence-corrected chi connectivity index (χ2v) is 5.76. The molecule has 0 aliphatic heterocycles. The number of alkyl halides is 3. The summed E-state index contributed by atoms with van der Waals surface area (Å²) in [5.74, 6) is 0.754. The average molecular weight is 362 g/mol. The van der Waals surface area contributed by atoms with Gasteiger partial charge in [0.25, 0.3) is 0 Å². The molecule has 1 heterocycles. The lowest BCUT2D eigenvalue weighted by atomic mass is 10.1. The molecule has 3 N–H and O–H groups in total. The van der Waals surface area contributed by atoms with Crippen molar-refractivity contribution in [1.29, 1.82) is 0 Å². The Morgan fingerprint density at radius 3 is 2.65 bits per heavy atom. The Hall–Kier alpha value is -3.03. The Bertz CT molecular complexity index is 872. The minimum Gasteiger partial charge on any atom is -0.342 e. The molecule has 0 bridgehead atoms. The van der Waals surface area contributed by atoms with Crippen molar-refractivity contribution in [1.82, 2.24) is 20.6 Å². The van der Waals surface area contributed by atoms with Gasteiger partial charge >= 0.3 is 12.2 Å². The number of H-pyrrole nitrogens is 1. The predicted molar refractivity (Wildman–Crippen MR) is 91.5 cm³/mol. The van der Waals surface area contributed by atoms with E-state index in [-0.39, 0.29) is 6.54 Å². The Labute approximate surface area is 147 Å². The first-order chi connectivity index (χ1) is 12.4. The van der Waals surface area contributed by atoms with E-state index >= 15 is 0 Å². The number of aromatic amines is 1. The van der Waals surface area contributed by atoms with E-state index in [0.29, 0.717) is 18.5 Å². The smallest absolute Gasteiger partial charge is 0.342 e. The standard InChI is InChI=1S/C18H17F3N4O/c19-18(20,21)13-5-3-4-12(10-13)11-23-17(26)22-9-8-16-24-14-6-1-2-7-15(14)25-16/h1-7,10H,8-9,11H2,(H,24,25)(H2,22,23,26). The number of aromatic nitrogens is 2. The van der Waals surface area contributed by atoms with E-state index in [4.69, 9.17) is 0 Å². The third-order valence-electron chi connectivity index (χ3n) is 3.79. The number of urea groups is 1. The van der Waals surface area contributed by atoms with Crippen LogP contribution in [0.4, 0.5) is 18.0 Å². The number of amides is 2. The molecule has 26 heavy (non-hydrogen) atoms. The Morgan fingerprint density at radius 1 is 1.08 bits per heavy atom. The number of para-hydroxylation sites is 2. The number of hydrogen-bond donors (Lipinski definition) is 3. The normalized spacial score (nSPS) is 11.5. The van der Waals surface area contributed by atoms with Gasteiger partial charge in [-0.3, -0.25) is 0 Å². The quantitative estimate of drug-likeness (QED) is 0.649. The number of fused-ring (bicyclic) bond motifs is 1. The molecule has 0 aliphatic rings. The van der Waals surface area contributed by atoms with Crippen LogP contribution < -0.4 is 10.6 Å². The van der Waals surface area contributed by atoms with Crippen LogP contribution in [0.15, 0.2) is 48.5 Å². The van der Waals surface area contributed by atoms with Crippen LogP contribution in [0, 0.1) is 0 Å². The monoisotopic (exact) mass is 362 g/mol. The van der Waals surface area contributed by atoms with Crippen molar-refractivity contribution >= 4 is 17.1 Å². The molecule has 5 nitrogen and oxygen atoms in total. The zero-order valence-corrected chi connectivity index (χ0v) is 13.7. The van der Waals surface area contributed by atoms with Gasteiger partial charge in [-0.25, -0.2) is 9.78 Å². The van der Waals surface area contributed by atoms with Crippen LogP contribution >= 0.6 is 0 Å². The summed E-state index contributed by atoms with van der Waals surface area (Å²) < 4.78 is 38.0. The molecule has 3 aromatic rings. The van der Waals surface area contributed by atoms with E-state index in [1.807, 2.05) is 24.3 Å². The van der Waals surface area contributed by atoms with E-state index < -0.39 is 17.8 Å². The minimum absolute atomic E-state index is 0.0143. The number of carbonyl (C=O) groups is 1. The van der Waals surface area contributed by atoms with Crippen LogP contribution in [0.25, 0.3) is 11.0 Å². The fourth-order valence-corrected chi connectivity index (χ4v) is 2.52. The molecular formula is C18H17F3N4O. The third kappa shape index (κ3) is 4.53. The summed E-state index contributed by atoms with van der Waals surface area (Å²) in [5.41, 5.74) is 1.43. The van der Waals surface area contributed by atoms with Gasteiger partial charge in [-0.15, -0.1) is 0 Å². The summed E-state index contributed by atoms with van der Waals surface area (Å²) in [6.45, 7) is 0.370. The second kappa shape index (κ2) is 7.47. The third-order valence-corrected chi connectivity index (χ3v) is 3.79. The highest BCUT2D eigenvalue weighted by Gasteiger charge is 2.30. The summed E-state index contributed by atoms with van der Waals surface area (Å²) >= 11 is 0. The molecular weight excluding hydrogens is 345 g/mol. The molecule has 0 atom stereocenters. The summed E-state index contributed by atoms with van der Waals surface area (Å²) in [5, 5.41) is 5.20. The van der Waals surface area contributed by atoms with Crippen molar-refractivity contribution in [2.75, 3.05) is 6.54 Å². The molecule has 3 rings (SSSR count). The number of carbonyl (C=O) groups excluding carboxylic acids is 1. The van der Waals surface area contributed by atoms with Gasteiger partial charge in [0, 0.05) is 19.5 Å². The summed E-state index contributed by atoms with van der Waals surface area (Å²) in [6, 6.07) is 12.0. The van der Waals surface area contributed by atoms with Crippen LogP contribution in [-0.4, -0.2) is 22.5 Å². The molecule has 0 fully saturated rings. The van der Waals surface area contributed by atoms with Crippen molar-refractivity contribution < 1.29 is 18.0 Å². The summed E-state index contributed by atoms with van der Waals surface area (Å²) in [7, 11) is 0. The van der Waals surface area contributed by atoms with Crippen molar-refractivity contribution in [3.63, 3.8) is 0 Å². The van der Waals surface area contributed by atoms with Gasteiger partial charge in [-0.2, -0.15) is 13.2 Å². The highest BCUT2D eigenvalue weighted by Crippen LogP contribution is 2.29. The summed E-state index contributed by atoms with van der Waals surface area (Å²) in [6.07, 6.45) is -3.88. The highest BCUT2D eigenvalue weighted by molar-refractivity contribution is 5.75. The zero-order chi connectivity index (χ0) is 18.6. The molecule has 2 aromatic carbocycles. The van der Waals surface area contributed by atoms with E-state index in [2.05, 4.69) is 20.6 Å². The number of benzene rings is 2. The number of nitrogens with one attached hydrogen (secondary N) is 3. The van der Waals surface area contributed by atoms with Gasteiger partial charge in [-0.1, -0.05) is 24.3 Å². The topological polar surface area (TPSA) is 69.8 Å². The van der Waals surface area contributed by atoms with Crippen molar-refractivity contribution in [2.45, 2.75) is 19.1 Å². The largest absolute Gasteiger partial charge is 0.416 e. The lowest BCUT2D eigenvalue weighted by Crippen LogP contribution is -2.36. The van der Waals surface area contributed by atoms with Gasteiger partial charge in [0.2, 0.25) is 0 Å². The second-order valence-electron chi connectivity index (χ2n) is 5.76. The first-order valence-corrected chi connectivity index (χ1v) is 8.03. The molecule has 0 saturated carbocycles. The number of rotatable bonds is 5. The fraction of sp³-hybridized carbons (Fsp3) is 0.222. The van der Waals surface area contributed by atoms with Gasteiger partial charge in [0.15, 0.2) is 0 Å². The Balaban J connectivity index is 1.46. The molecule has 0 spiro atoms. The Morgan fingerprint density at radius 2 is 1.88 bits per heavy atom. The molecule has 136 valence electrons.